The van der Waals surface area contributed by atoms with Gasteiger partial charge >= 0.3 is 5.97 Å². The molecule has 0 saturated carbocycles. The van der Waals surface area contributed by atoms with Crippen LogP contribution in [0.2, 0.25) is 0 Å². The number of aromatic nitrogens is 1. The Morgan fingerprint density at radius 1 is 1.04 bits per heavy atom. The van der Waals surface area contributed by atoms with Gasteiger partial charge in [0.2, 0.25) is 21.8 Å². The minimum absolute atomic E-state index is 0.0996. The highest BCUT2D eigenvalue weighted by Gasteiger charge is 2.37. The van der Waals surface area contributed by atoms with Crippen molar-refractivity contribution in [3.8, 4) is 11.5 Å². The predicted molar refractivity (Wildman–Crippen MR) is 169 cm³/mol. The Bertz CT molecular complexity index is 1770. The number of nitrogens with one attached hydrogen (secondary N) is 3. The van der Waals surface area contributed by atoms with Gasteiger partial charge in [-0.1, -0.05) is 53.8 Å². The molecule has 12 nitrogen and oxygen atoms in total. The van der Waals surface area contributed by atoms with Gasteiger partial charge in [0.25, 0.3) is 0 Å². The van der Waals surface area contributed by atoms with Crippen LogP contribution in [-0.2, 0) is 26.0 Å². The van der Waals surface area contributed by atoms with Gasteiger partial charge in [0, 0.05) is 13.0 Å². The molecule has 0 bridgehead atoms. The van der Waals surface area contributed by atoms with Crippen molar-refractivity contribution in [2.24, 2.45) is 0 Å². The number of carbonyl (C=O) groups excluding carboxylic acids is 2. The lowest BCUT2D eigenvalue weighted by Crippen LogP contribution is -2.41. The summed E-state index contributed by atoms with van der Waals surface area (Å²) in [6.45, 7) is 0.657. The normalized spacial score (nSPS) is 16.2. The molecule has 2 unspecified atom stereocenters. The first-order chi connectivity index (χ1) is 21.6. The second-order valence-electron chi connectivity index (χ2n) is 10.5. The van der Waals surface area contributed by atoms with Crippen LogP contribution < -0.4 is 20.1 Å². The standard InChI is InChI=1S/C31H32N4O8S2/c36-23-8-6-9-24(28(23)30(39)40)43-16-5-1-4-15-32-29(38)22(34-31-33-21-7-2-3-10-25(21)44-31)17-19-11-13-20(14-12-19)26-18-27(37)35-45(26,41)42/h2-3,6-14,22,26,36H,1,4-5,15-18H2,(H,32,38)(H,33,34)(H,35,37)(H,39,40). The Kier molecular flexibility index (Phi) is 9.83. The molecule has 5 N–H and O–H groups in total. The number of carboxylic acid groups (broad SMARTS) is 1. The fourth-order valence-corrected chi connectivity index (χ4v) is 7.37. The van der Waals surface area contributed by atoms with E-state index >= 15 is 0 Å². The SMILES string of the molecule is O=C1CC(c2ccc(CC(Nc3nc4ccccc4s3)C(=O)NCCCCCOc3cccc(O)c3C(=O)O)cc2)S(=O)(=O)N1. The molecule has 1 aliphatic heterocycles. The summed E-state index contributed by atoms with van der Waals surface area (Å²) in [6, 6.07) is 18.1. The number of hydrogen-bond acceptors (Lipinski definition) is 10. The number of carbonyl (C=O) groups is 3. The van der Waals surface area contributed by atoms with Gasteiger partial charge in [0.15, 0.2) is 5.13 Å². The molecule has 1 aromatic heterocycles. The Balaban J connectivity index is 1.17. The lowest BCUT2D eigenvalue weighted by atomic mass is 10.0. The van der Waals surface area contributed by atoms with Crippen LogP contribution in [0.1, 0.15) is 52.4 Å². The van der Waals surface area contributed by atoms with Crippen molar-refractivity contribution in [2.45, 2.75) is 43.4 Å². The Labute approximate surface area is 263 Å². The number of fused-ring (bicyclic) bond motifs is 1. The minimum atomic E-state index is -3.76. The van der Waals surface area contributed by atoms with Gasteiger partial charge in [-0.3, -0.25) is 14.3 Å². The topological polar surface area (TPSA) is 184 Å². The smallest absolute Gasteiger partial charge is 0.343 e. The molecule has 1 fully saturated rings. The highest BCUT2D eigenvalue weighted by atomic mass is 32.2. The summed E-state index contributed by atoms with van der Waals surface area (Å²) in [4.78, 5) is 41.0. The lowest BCUT2D eigenvalue weighted by Gasteiger charge is -2.19. The fraction of sp³-hybridized carbons (Fsp3) is 0.290. The number of hydrogen-bond donors (Lipinski definition) is 5. The highest BCUT2D eigenvalue weighted by molar-refractivity contribution is 7.90. The molecule has 14 heteroatoms. The van der Waals surface area contributed by atoms with E-state index < -0.39 is 33.2 Å². The average molecular weight is 653 g/mol. The first-order valence-electron chi connectivity index (χ1n) is 14.3. The van der Waals surface area contributed by atoms with Crippen LogP contribution in [0.3, 0.4) is 0 Å². The van der Waals surface area contributed by atoms with Crippen molar-refractivity contribution in [3.05, 3.63) is 83.4 Å². The molecule has 5 rings (SSSR count). The maximum absolute atomic E-state index is 13.3. The molecule has 3 aromatic carbocycles. The zero-order chi connectivity index (χ0) is 32.0. The van der Waals surface area contributed by atoms with Gasteiger partial charge in [-0.25, -0.2) is 18.2 Å². The summed E-state index contributed by atoms with van der Waals surface area (Å²) in [5, 5.41) is 25.0. The molecular formula is C31H32N4O8S2. The first kappa shape index (κ1) is 31.7. The van der Waals surface area contributed by atoms with Crippen LogP contribution in [0.25, 0.3) is 10.2 Å². The third-order valence-electron chi connectivity index (χ3n) is 7.30. The number of ether oxygens (including phenoxy) is 1. The molecule has 2 heterocycles. The number of sulfonamides is 1. The van der Waals surface area contributed by atoms with Crippen LogP contribution in [0.5, 0.6) is 11.5 Å². The number of benzene rings is 3. The maximum atomic E-state index is 13.3. The van der Waals surface area contributed by atoms with Crippen molar-refractivity contribution in [3.63, 3.8) is 0 Å². The summed E-state index contributed by atoms with van der Waals surface area (Å²) in [6.07, 6.45) is 2.16. The average Bonchev–Trinajstić information content (AvgIpc) is 3.54. The van der Waals surface area contributed by atoms with Crippen molar-refractivity contribution >= 4 is 54.5 Å². The van der Waals surface area contributed by atoms with E-state index in [1.165, 1.54) is 29.5 Å². The van der Waals surface area contributed by atoms with Crippen LogP contribution in [0.15, 0.2) is 66.7 Å². The Morgan fingerprint density at radius 2 is 1.82 bits per heavy atom. The summed E-state index contributed by atoms with van der Waals surface area (Å²) < 4.78 is 33.1. The van der Waals surface area contributed by atoms with Crippen molar-refractivity contribution in [1.29, 1.82) is 0 Å². The second-order valence-corrected chi connectivity index (χ2v) is 13.4. The van der Waals surface area contributed by atoms with Crippen molar-refractivity contribution in [1.82, 2.24) is 15.0 Å². The van der Waals surface area contributed by atoms with E-state index in [9.17, 15) is 33.0 Å². The number of thiazole rings is 1. The van der Waals surface area contributed by atoms with E-state index in [0.29, 0.717) is 42.9 Å². The van der Waals surface area contributed by atoms with E-state index in [-0.39, 0.29) is 36.0 Å². The molecule has 4 aromatic rings. The first-order valence-corrected chi connectivity index (χ1v) is 16.7. The summed E-state index contributed by atoms with van der Waals surface area (Å²) in [7, 11) is -3.76. The molecule has 1 aliphatic rings. The molecule has 0 radical (unpaired) electrons. The van der Waals surface area contributed by atoms with Gasteiger partial charge in [-0.2, -0.15) is 0 Å². The van der Waals surface area contributed by atoms with E-state index in [4.69, 9.17) is 4.74 Å². The monoisotopic (exact) mass is 652 g/mol. The van der Waals surface area contributed by atoms with Gasteiger partial charge in [0.1, 0.15) is 28.4 Å². The number of unbranched alkanes of at least 4 members (excludes halogenated alkanes) is 2. The Hall–Kier alpha value is -4.69. The molecule has 236 valence electrons. The van der Waals surface area contributed by atoms with Crippen LogP contribution in [0, 0.1) is 0 Å². The van der Waals surface area contributed by atoms with Gasteiger partial charge in [-0.05, 0) is 54.7 Å². The van der Waals surface area contributed by atoms with Gasteiger partial charge in [-0.15, -0.1) is 0 Å². The number of anilines is 1. The number of phenols is 1. The molecule has 1 saturated heterocycles. The van der Waals surface area contributed by atoms with Crippen LogP contribution in [0.4, 0.5) is 5.13 Å². The summed E-state index contributed by atoms with van der Waals surface area (Å²) >= 11 is 1.44. The maximum Gasteiger partial charge on any atom is 0.343 e. The largest absolute Gasteiger partial charge is 0.507 e. The zero-order valence-electron chi connectivity index (χ0n) is 24.1. The third kappa shape index (κ3) is 7.88. The number of amides is 2. The van der Waals surface area contributed by atoms with Crippen LogP contribution in [-0.4, -0.2) is 60.6 Å². The number of aromatic carboxylic acids is 1. The predicted octanol–water partition coefficient (Wildman–Crippen LogP) is 3.98. The van der Waals surface area contributed by atoms with Crippen molar-refractivity contribution in [2.75, 3.05) is 18.5 Å². The molecular weight excluding hydrogens is 620 g/mol. The van der Waals surface area contributed by atoms with E-state index in [1.54, 1.807) is 24.3 Å². The third-order valence-corrected chi connectivity index (χ3v) is 9.96. The molecule has 2 atom stereocenters. The highest BCUT2D eigenvalue weighted by Crippen LogP contribution is 2.31. The minimum Gasteiger partial charge on any atom is -0.507 e. The van der Waals surface area contributed by atoms with E-state index in [2.05, 4.69) is 15.6 Å². The molecule has 0 aliphatic carbocycles. The van der Waals surface area contributed by atoms with Crippen molar-refractivity contribution < 1.29 is 37.8 Å². The number of rotatable bonds is 14. The van der Waals surface area contributed by atoms with E-state index in [0.717, 1.165) is 15.8 Å². The van der Waals surface area contributed by atoms with Crippen LogP contribution >= 0.6 is 11.3 Å². The number of nitrogens with zero attached hydrogens (tertiary/aromatic N) is 1. The zero-order valence-corrected chi connectivity index (χ0v) is 25.7. The molecule has 0 spiro atoms. The van der Waals surface area contributed by atoms with Gasteiger partial charge in [0.05, 0.1) is 23.2 Å². The lowest BCUT2D eigenvalue weighted by molar-refractivity contribution is -0.122. The number of carboxylic acids is 1. The van der Waals surface area contributed by atoms with E-state index in [1.807, 2.05) is 29.0 Å². The summed E-state index contributed by atoms with van der Waals surface area (Å²) in [5.74, 6) is -2.29. The quantitative estimate of drug-likeness (QED) is 0.125. The molecule has 45 heavy (non-hydrogen) atoms. The number of aromatic hydroxyl groups is 1. The summed E-state index contributed by atoms with van der Waals surface area (Å²) in [5.41, 5.74) is 1.84. The number of para-hydroxylation sites is 1. The fourth-order valence-electron chi connectivity index (χ4n) is 5.02. The van der Waals surface area contributed by atoms with Gasteiger partial charge < -0.3 is 25.6 Å². The Morgan fingerprint density at radius 3 is 2.53 bits per heavy atom. The molecule has 2 amide bonds. The second kappa shape index (κ2) is 13.9.